The number of nitrogens with zero attached hydrogens (tertiary/aromatic N) is 1. The molecule has 0 rings (SSSR count). The van der Waals surface area contributed by atoms with Gasteiger partial charge in [-0.15, -0.1) is 0 Å². The van der Waals surface area contributed by atoms with E-state index in [0.717, 1.165) is 11.8 Å². The SMILES string of the molecule is C=C/C=C(\C=C)OC(=C)/C(=C\C=C)SC#N.CC.CC.CC.CC. The Morgan fingerprint density at radius 2 is 1.29 bits per heavy atom. The van der Waals surface area contributed by atoms with Gasteiger partial charge in [-0.25, -0.2) is 0 Å². The van der Waals surface area contributed by atoms with Crippen molar-refractivity contribution in [3.05, 3.63) is 73.1 Å². The van der Waals surface area contributed by atoms with Gasteiger partial charge in [0.15, 0.2) is 0 Å². The summed E-state index contributed by atoms with van der Waals surface area (Å²) >= 11 is 0.963. The lowest BCUT2D eigenvalue weighted by Crippen LogP contribution is -1.91. The minimum absolute atomic E-state index is 0.374. The van der Waals surface area contributed by atoms with Crippen molar-refractivity contribution in [3.63, 3.8) is 0 Å². The fourth-order valence-corrected chi connectivity index (χ4v) is 1.21. The summed E-state index contributed by atoms with van der Waals surface area (Å²) in [5, 5.41) is 10.5. The van der Waals surface area contributed by atoms with Crippen LogP contribution in [0, 0.1) is 10.7 Å². The fourth-order valence-electron chi connectivity index (χ4n) is 0.793. The Hall–Kier alpha value is -1.92. The van der Waals surface area contributed by atoms with Crippen LogP contribution < -0.4 is 0 Å². The Bertz CT molecular complexity index is 399. The maximum Gasteiger partial charge on any atom is 0.138 e. The molecule has 0 N–H and O–H groups in total. The van der Waals surface area contributed by atoms with Gasteiger partial charge in [0.2, 0.25) is 0 Å². The molecule has 0 saturated carbocycles. The Morgan fingerprint density at radius 3 is 1.58 bits per heavy atom. The average molecular weight is 352 g/mol. The summed E-state index contributed by atoms with van der Waals surface area (Å²) in [5.74, 6) is 0.896. The van der Waals surface area contributed by atoms with E-state index in [1.165, 1.54) is 6.08 Å². The van der Waals surface area contributed by atoms with Crippen LogP contribution in [0.3, 0.4) is 0 Å². The molecule has 138 valence electrons. The van der Waals surface area contributed by atoms with Crippen LogP contribution in [0.25, 0.3) is 0 Å². The van der Waals surface area contributed by atoms with E-state index in [2.05, 4.69) is 26.3 Å². The summed E-state index contributed by atoms with van der Waals surface area (Å²) in [6, 6.07) is 0. The Kier molecular flexibility index (Phi) is 52.4. The predicted octanol–water partition coefficient (Wildman–Crippen LogP) is 8.16. The molecular weight excluding hydrogens is 314 g/mol. The molecule has 0 aliphatic heterocycles. The molecule has 0 aliphatic carbocycles. The van der Waals surface area contributed by atoms with Crippen molar-refractivity contribution in [2.75, 3.05) is 0 Å². The summed E-state index contributed by atoms with van der Waals surface area (Å²) in [4.78, 5) is 0.606. The van der Waals surface area contributed by atoms with Gasteiger partial charge in [0.25, 0.3) is 0 Å². The quantitative estimate of drug-likeness (QED) is 0.263. The molecule has 0 aromatic heterocycles. The minimum Gasteiger partial charge on any atom is -0.457 e. The van der Waals surface area contributed by atoms with E-state index in [0.29, 0.717) is 16.4 Å². The van der Waals surface area contributed by atoms with Crippen molar-refractivity contribution in [1.82, 2.24) is 0 Å². The van der Waals surface area contributed by atoms with Gasteiger partial charge in [-0.3, -0.25) is 0 Å². The lowest BCUT2D eigenvalue weighted by molar-refractivity contribution is 0.337. The zero-order valence-electron chi connectivity index (χ0n) is 17.0. The number of rotatable bonds is 7. The molecule has 24 heavy (non-hydrogen) atoms. The molecule has 0 atom stereocenters. The van der Waals surface area contributed by atoms with Crippen molar-refractivity contribution >= 4 is 11.8 Å². The van der Waals surface area contributed by atoms with Crippen LogP contribution in [0.2, 0.25) is 0 Å². The van der Waals surface area contributed by atoms with E-state index in [1.54, 1.807) is 24.3 Å². The first kappa shape index (κ1) is 33.6. The Balaban J connectivity index is -0.000000130. The normalized spacial score (nSPS) is 8.46. The van der Waals surface area contributed by atoms with Crippen molar-refractivity contribution < 1.29 is 4.74 Å². The Morgan fingerprint density at radius 1 is 0.875 bits per heavy atom. The van der Waals surface area contributed by atoms with Gasteiger partial charge in [-0.1, -0.05) is 93.9 Å². The van der Waals surface area contributed by atoms with Gasteiger partial charge < -0.3 is 4.74 Å². The van der Waals surface area contributed by atoms with Crippen LogP contribution in [0.4, 0.5) is 0 Å². The molecule has 0 unspecified atom stereocenters. The molecular formula is C21H37NOS. The lowest BCUT2D eigenvalue weighted by Gasteiger charge is -2.09. The summed E-state index contributed by atoms with van der Waals surface area (Å²) in [6.45, 7) is 30.4. The molecule has 0 aliphatic rings. The van der Waals surface area contributed by atoms with Crippen LogP contribution in [0.5, 0.6) is 0 Å². The number of thioether (sulfide) groups is 1. The number of ether oxygens (including phenoxy) is 1. The average Bonchev–Trinajstić information content (AvgIpc) is 2.67. The standard InChI is InChI=1S/C13H13NOS.4C2H6/c1-5-8-12(7-3)15-11(4)13(9-6-2)16-10-14;4*1-2/h5-9H,1-4H2;4*1-2H3/b12-8+,13-9+;;;;. The van der Waals surface area contributed by atoms with Crippen LogP contribution in [0.1, 0.15) is 55.4 Å². The van der Waals surface area contributed by atoms with Crippen LogP contribution >= 0.6 is 11.8 Å². The van der Waals surface area contributed by atoms with Gasteiger partial charge >= 0.3 is 0 Å². The minimum atomic E-state index is 0.374. The second-order valence-corrected chi connectivity index (χ2v) is 3.32. The highest BCUT2D eigenvalue weighted by Gasteiger charge is 2.05. The second kappa shape index (κ2) is 37.4. The number of allylic oxidation sites excluding steroid dienone is 5. The third-order valence-corrected chi connectivity index (χ3v) is 2.10. The molecule has 0 spiro atoms. The molecule has 3 heteroatoms. The second-order valence-electron chi connectivity index (χ2n) is 2.49. The third-order valence-electron chi connectivity index (χ3n) is 1.42. The molecule has 0 fully saturated rings. The van der Waals surface area contributed by atoms with E-state index >= 15 is 0 Å². The predicted molar refractivity (Wildman–Crippen MR) is 116 cm³/mol. The largest absolute Gasteiger partial charge is 0.457 e. The van der Waals surface area contributed by atoms with Crippen LogP contribution in [-0.2, 0) is 4.74 Å². The number of hydrogen-bond donors (Lipinski definition) is 0. The van der Waals surface area contributed by atoms with Gasteiger partial charge in [0.1, 0.15) is 16.9 Å². The molecule has 0 amide bonds. The monoisotopic (exact) mass is 351 g/mol. The van der Waals surface area contributed by atoms with E-state index in [9.17, 15) is 0 Å². The molecule has 0 heterocycles. The molecule has 0 saturated heterocycles. The number of nitriles is 1. The van der Waals surface area contributed by atoms with Crippen molar-refractivity contribution in [2.24, 2.45) is 0 Å². The number of thiocyanates is 1. The topological polar surface area (TPSA) is 33.0 Å². The summed E-state index contributed by atoms with van der Waals surface area (Å²) < 4.78 is 5.40. The highest BCUT2D eigenvalue weighted by Crippen LogP contribution is 2.24. The maximum absolute atomic E-state index is 8.60. The third kappa shape index (κ3) is 25.1. The molecule has 0 aromatic carbocycles. The van der Waals surface area contributed by atoms with Crippen LogP contribution in [-0.4, -0.2) is 0 Å². The van der Waals surface area contributed by atoms with Crippen molar-refractivity contribution in [1.29, 1.82) is 5.26 Å². The van der Waals surface area contributed by atoms with Gasteiger partial charge in [0, 0.05) is 0 Å². The lowest BCUT2D eigenvalue weighted by atomic mass is 10.4. The van der Waals surface area contributed by atoms with E-state index in [-0.39, 0.29) is 0 Å². The molecule has 2 nitrogen and oxygen atoms in total. The first-order valence-corrected chi connectivity index (χ1v) is 9.22. The molecule has 0 aromatic rings. The fraction of sp³-hybridized carbons (Fsp3) is 0.381. The summed E-state index contributed by atoms with van der Waals surface area (Å²) in [5.41, 5.74) is 0. The smallest absolute Gasteiger partial charge is 0.138 e. The highest BCUT2D eigenvalue weighted by molar-refractivity contribution is 8.07. The van der Waals surface area contributed by atoms with E-state index in [4.69, 9.17) is 10.00 Å². The zero-order chi connectivity index (χ0) is 20.4. The first-order valence-electron chi connectivity index (χ1n) is 8.40. The van der Waals surface area contributed by atoms with Crippen molar-refractivity contribution in [2.45, 2.75) is 55.4 Å². The first-order chi connectivity index (χ1) is 11.7. The van der Waals surface area contributed by atoms with Crippen LogP contribution in [0.15, 0.2) is 73.1 Å². The summed E-state index contributed by atoms with van der Waals surface area (Å²) in [7, 11) is 0. The molecule has 0 bridgehead atoms. The summed E-state index contributed by atoms with van der Waals surface area (Å²) in [6.07, 6.45) is 8.00. The Labute approximate surface area is 156 Å². The van der Waals surface area contributed by atoms with Gasteiger partial charge in [0.05, 0.1) is 4.91 Å². The highest BCUT2D eigenvalue weighted by atomic mass is 32.2. The van der Waals surface area contributed by atoms with Crippen molar-refractivity contribution in [3.8, 4) is 5.40 Å². The van der Waals surface area contributed by atoms with E-state index in [1.807, 2.05) is 60.8 Å². The zero-order valence-corrected chi connectivity index (χ0v) is 17.8. The van der Waals surface area contributed by atoms with Gasteiger partial charge in [-0.2, -0.15) is 5.26 Å². The van der Waals surface area contributed by atoms with Gasteiger partial charge in [-0.05, 0) is 30.0 Å². The molecule has 0 radical (unpaired) electrons. The maximum atomic E-state index is 8.60. The van der Waals surface area contributed by atoms with E-state index < -0.39 is 0 Å². The number of hydrogen-bond acceptors (Lipinski definition) is 3.